The average molecular weight is 162 g/mol. The van der Waals surface area contributed by atoms with Crippen LogP contribution in [0.1, 0.15) is 25.7 Å². The monoisotopic (exact) mass is 161 g/mol. The van der Waals surface area contributed by atoms with Gasteiger partial charge in [0, 0.05) is 6.04 Å². The molecular weight excluding hydrogens is 146 g/mol. The average Bonchev–Trinajstić information content (AvgIpc) is 2.13. The molecule has 2 heteroatoms. The molecule has 0 spiro atoms. The van der Waals surface area contributed by atoms with Gasteiger partial charge in [0.1, 0.15) is 0 Å². The molecule has 10 heavy (non-hydrogen) atoms. The summed E-state index contributed by atoms with van der Waals surface area (Å²) < 4.78 is 0. The maximum atomic E-state index is 3.76. The van der Waals surface area contributed by atoms with E-state index in [2.05, 4.69) is 11.9 Å². The molecular formula is C8H16ClN. The van der Waals surface area contributed by atoms with Gasteiger partial charge in [-0.05, 0) is 19.4 Å². The number of hydrogen-bond acceptors (Lipinski definition) is 1. The molecule has 1 fully saturated rings. The lowest BCUT2D eigenvalue weighted by atomic mass is 10.1. The van der Waals surface area contributed by atoms with Gasteiger partial charge < -0.3 is 5.32 Å². The van der Waals surface area contributed by atoms with Crippen molar-refractivity contribution in [2.24, 2.45) is 0 Å². The van der Waals surface area contributed by atoms with Crippen LogP contribution >= 0.6 is 12.4 Å². The van der Waals surface area contributed by atoms with Crippen LogP contribution in [0, 0.1) is 0 Å². The van der Waals surface area contributed by atoms with Gasteiger partial charge in [-0.1, -0.05) is 18.9 Å². The Kier molecular flexibility index (Phi) is 5.74. The topological polar surface area (TPSA) is 12.0 Å². The summed E-state index contributed by atoms with van der Waals surface area (Å²) in [5.41, 5.74) is 0. The van der Waals surface area contributed by atoms with Crippen molar-refractivity contribution in [3.8, 4) is 0 Å². The second-order valence-corrected chi connectivity index (χ2v) is 2.65. The highest BCUT2D eigenvalue weighted by molar-refractivity contribution is 5.85. The molecule has 0 unspecified atom stereocenters. The lowest BCUT2D eigenvalue weighted by molar-refractivity contribution is 0.599. The predicted molar refractivity (Wildman–Crippen MR) is 47.7 cm³/mol. The lowest BCUT2D eigenvalue weighted by Gasteiger charge is -2.08. The van der Waals surface area contributed by atoms with Crippen LogP contribution < -0.4 is 5.32 Å². The second kappa shape index (κ2) is 5.75. The first-order valence-electron chi connectivity index (χ1n) is 3.79. The summed E-state index contributed by atoms with van der Waals surface area (Å²) in [5.74, 6) is 0. The van der Waals surface area contributed by atoms with Crippen LogP contribution in [0.2, 0.25) is 0 Å². The van der Waals surface area contributed by atoms with Crippen LogP contribution in [0.25, 0.3) is 0 Å². The Morgan fingerprint density at radius 3 is 2.80 bits per heavy atom. The fourth-order valence-electron chi connectivity index (χ4n) is 1.26. The predicted octanol–water partition coefficient (Wildman–Crippen LogP) is 2.13. The minimum Gasteiger partial charge on any atom is -0.311 e. The summed E-state index contributed by atoms with van der Waals surface area (Å²) in [5, 5.41) is 3.41. The van der Waals surface area contributed by atoms with E-state index >= 15 is 0 Å². The number of hydrogen-bond donors (Lipinski definition) is 1. The molecule has 0 radical (unpaired) electrons. The summed E-state index contributed by atoms with van der Waals surface area (Å²) in [6, 6.07) is 0.590. The molecule has 0 aromatic heterocycles. The van der Waals surface area contributed by atoms with Crippen molar-refractivity contribution >= 4 is 12.4 Å². The Morgan fingerprint density at radius 1 is 1.30 bits per heavy atom. The van der Waals surface area contributed by atoms with E-state index in [0.717, 1.165) is 0 Å². The summed E-state index contributed by atoms with van der Waals surface area (Å²) in [4.78, 5) is 0. The van der Waals surface area contributed by atoms with Crippen molar-refractivity contribution < 1.29 is 0 Å². The zero-order valence-corrected chi connectivity index (χ0v) is 7.12. The minimum absolute atomic E-state index is 0. The van der Waals surface area contributed by atoms with Crippen LogP contribution in [0.3, 0.4) is 0 Å². The van der Waals surface area contributed by atoms with Crippen molar-refractivity contribution in [3.05, 3.63) is 12.7 Å². The quantitative estimate of drug-likeness (QED) is 0.581. The van der Waals surface area contributed by atoms with Gasteiger partial charge in [0.25, 0.3) is 0 Å². The van der Waals surface area contributed by atoms with E-state index in [-0.39, 0.29) is 12.4 Å². The summed E-state index contributed by atoms with van der Waals surface area (Å²) >= 11 is 0. The molecule has 1 saturated heterocycles. The van der Waals surface area contributed by atoms with E-state index in [0.29, 0.717) is 6.04 Å². The molecule has 1 atom stereocenters. The molecule has 0 aromatic rings. The van der Waals surface area contributed by atoms with Crippen molar-refractivity contribution in [1.82, 2.24) is 5.32 Å². The zero-order chi connectivity index (χ0) is 6.53. The molecule has 0 amide bonds. The molecule has 1 aliphatic rings. The van der Waals surface area contributed by atoms with Crippen LogP contribution in [-0.2, 0) is 0 Å². The van der Waals surface area contributed by atoms with Gasteiger partial charge in [-0.2, -0.15) is 0 Å². The first-order valence-corrected chi connectivity index (χ1v) is 3.79. The van der Waals surface area contributed by atoms with Gasteiger partial charge in [-0.3, -0.25) is 0 Å². The van der Waals surface area contributed by atoms with Gasteiger partial charge in [0.05, 0.1) is 0 Å². The largest absolute Gasteiger partial charge is 0.311 e. The maximum absolute atomic E-state index is 3.76. The van der Waals surface area contributed by atoms with Crippen LogP contribution in [-0.4, -0.2) is 12.6 Å². The maximum Gasteiger partial charge on any atom is 0.0247 e. The number of nitrogens with one attached hydrogen (secondary N) is 1. The highest BCUT2D eigenvalue weighted by atomic mass is 35.5. The standard InChI is InChI=1S/C8H15N.ClH/c1-2-8-6-4-3-5-7-9-8;/h2,8-9H,1,3-7H2;1H/t8-;/m1./s1. The molecule has 0 aliphatic carbocycles. The Balaban J connectivity index is 0.000000810. The Morgan fingerprint density at radius 2 is 2.10 bits per heavy atom. The fraction of sp³-hybridized carbons (Fsp3) is 0.750. The Labute approximate surface area is 69.3 Å². The molecule has 60 valence electrons. The van der Waals surface area contributed by atoms with Gasteiger partial charge in [0.15, 0.2) is 0 Å². The van der Waals surface area contributed by atoms with Gasteiger partial charge in [0.2, 0.25) is 0 Å². The molecule has 0 aromatic carbocycles. The van der Waals surface area contributed by atoms with Crippen LogP contribution in [0.15, 0.2) is 12.7 Å². The minimum atomic E-state index is 0. The smallest absolute Gasteiger partial charge is 0.0247 e. The lowest BCUT2D eigenvalue weighted by Crippen LogP contribution is -2.25. The van der Waals surface area contributed by atoms with E-state index < -0.39 is 0 Å². The normalized spacial score (nSPS) is 26.2. The molecule has 1 heterocycles. The fourth-order valence-corrected chi connectivity index (χ4v) is 1.26. The summed E-state index contributed by atoms with van der Waals surface area (Å²) in [6.45, 7) is 4.94. The Bertz CT molecular complexity index is 85.3. The molecule has 0 bridgehead atoms. The SMILES string of the molecule is C=C[C@@H]1CCCCCN1.Cl. The Hall–Kier alpha value is -0.0100. The third-order valence-electron chi connectivity index (χ3n) is 1.88. The molecule has 1 aliphatic heterocycles. The first-order chi connectivity index (χ1) is 4.43. The van der Waals surface area contributed by atoms with Crippen molar-refractivity contribution in [2.75, 3.05) is 6.54 Å². The van der Waals surface area contributed by atoms with Crippen molar-refractivity contribution in [2.45, 2.75) is 31.7 Å². The first kappa shape index (κ1) is 9.99. The van der Waals surface area contributed by atoms with Crippen molar-refractivity contribution in [3.63, 3.8) is 0 Å². The van der Waals surface area contributed by atoms with Gasteiger partial charge >= 0.3 is 0 Å². The molecule has 1 nitrogen and oxygen atoms in total. The zero-order valence-electron chi connectivity index (χ0n) is 6.31. The van der Waals surface area contributed by atoms with Gasteiger partial charge in [-0.25, -0.2) is 0 Å². The van der Waals surface area contributed by atoms with Gasteiger partial charge in [-0.15, -0.1) is 19.0 Å². The third kappa shape index (κ3) is 3.23. The third-order valence-corrected chi connectivity index (χ3v) is 1.88. The summed E-state index contributed by atoms with van der Waals surface area (Å²) in [7, 11) is 0. The van der Waals surface area contributed by atoms with E-state index in [9.17, 15) is 0 Å². The second-order valence-electron chi connectivity index (χ2n) is 2.65. The molecule has 1 N–H and O–H groups in total. The summed E-state index contributed by atoms with van der Waals surface area (Å²) in [6.07, 6.45) is 7.39. The number of halogens is 1. The highest BCUT2D eigenvalue weighted by Gasteiger charge is 2.05. The van der Waals surface area contributed by atoms with Crippen LogP contribution in [0.5, 0.6) is 0 Å². The highest BCUT2D eigenvalue weighted by Crippen LogP contribution is 2.07. The number of rotatable bonds is 1. The van der Waals surface area contributed by atoms with Crippen LogP contribution in [0.4, 0.5) is 0 Å². The molecule has 1 rings (SSSR count). The molecule has 0 saturated carbocycles. The van der Waals surface area contributed by atoms with E-state index in [1.54, 1.807) is 0 Å². The van der Waals surface area contributed by atoms with Crippen molar-refractivity contribution in [1.29, 1.82) is 0 Å². The van der Waals surface area contributed by atoms with E-state index in [4.69, 9.17) is 0 Å². The van der Waals surface area contributed by atoms with E-state index in [1.807, 2.05) is 6.08 Å². The van der Waals surface area contributed by atoms with E-state index in [1.165, 1.54) is 32.2 Å².